The Morgan fingerprint density at radius 1 is 1.04 bits per heavy atom. The summed E-state index contributed by atoms with van der Waals surface area (Å²) in [6.07, 6.45) is 2.50. The molecule has 1 heterocycles. The van der Waals surface area contributed by atoms with Crippen LogP contribution < -0.4 is 19.7 Å². The lowest BCUT2D eigenvalue weighted by atomic mass is 10.1. The maximum absolute atomic E-state index is 12.6. The lowest BCUT2D eigenvalue weighted by Crippen LogP contribution is -2.35. The molecule has 2 aromatic rings. The minimum atomic E-state index is -0.274. The zero-order chi connectivity index (χ0) is 18.5. The molecule has 6 nitrogen and oxygen atoms in total. The number of carbonyl (C=O) groups excluding carboxylic acids is 2. The standard InChI is InChI=1S/C20H22N2O4/c1-25-17-10-14(11-18(13-17)26-2)20(24)21-15-6-5-7-16(12-15)22-9-4-3-8-19(22)23/h5-7,10-13H,3-4,8-9H2,1-2H3,(H,21,24). The van der Waals surface area contributed by atoms with Gasteiger partial charge in [0.1, 0.15) is 11.5 Å². The molecule has 6 heteroatoms. The Labute approximate surface area is 152 Å². The minimum Gasteiger partial charge on any atom is -0.497 e. The van der Waals surface area contributed by atoms with E-state index in [-0.39, 0.29) is 11.8 Å². The number of piperidine rings is 1. The first-order valence-corrected chi connectivity index (χ1v) is 8.55. The summed E-state index contributed by atoms with van der Waals surface area (Å²) in [6, 6.07) is 12.3. The average Bonchev–Trinajstić information content (AvgIpc) is 2.68. The van der Waals surface area contributed by atoms with Gasteiger partial charge in [0, 0.05) is 36.0 Å². The molecule has 0 saturated carbocycles. The molecule has 0 bridgehead atoms. The van der Waals surface area contributed by atoms with E-state index in [1.165, 1.54) is 14.2 Å². The fourth-order valence-electron chi connectivity index (χ4n) is 2.97. The van der Waals surface area contributed by atoms with Gasteiger partial charge in [0.2, 0.25) is 5.91 Å². The number of anilines is 2. The third-order valence-electron chi connectivity index (χ3n) is 4.35. The van der Waals surface area contributed by atoms with Crippen LogP contribution in [0.4, 0.5) is 11.4 Å². The maximum atomic E-state index is 12.6. The Balaban J connectivity index is 1.79. The van der Waals surface area contributed by atoms with Crippen molar-refractivity contribution in [3.05, 3.63) is 48.0 Å². The van der Waals surface area contributed by atoms with Gasteiger partial charge in [0.05, 0.1) is 14.2 Å². The van der Waals surface area contributed by atoms with Gasteiger partial charge in [-0.3, -0.25) is 9.59 Å². The highest BCUT2D eigenvalue weighted by Crippen LogP contribution is 2.26. The van der Waals surface area contributed by atoms with Crippen molar-refractivity contribution >= 4 is 23.2 Å². The molecule has 1 fully saturated rings. The molecule has 1 saturated heterocycles. The fourth-order valence-corrected chi connectivity index (χ4v) is 2.97. The summed E-state index contributed by atoms with van der Waals surface area (Å²) >= 11 is 0. The van der Waals surface area contributed by atoms with Crippen molar-refractivity contribution in [3.8, 4) is 11.5 Å². The number of carbonyl (C=O) groups is 2. The number of amides is 2. The third kappa shape index (κ3) is 3.96. The summed E-state index contributed by atoms with van der Waals surface area (Å²) < 4.78 is 10.4. The molecular formula is C20H22N2O4. The van der Waals surface area contributed by atoms with Crippen molar-refractivity contribution in [2.24, 2.45) is 0 Å². The summed E-state index contributed by atoms with van der Waals surface area (Å²) in [5, 5.41) is 2.87. The molecular weight excluding hydrogens is 332 g/mol. The number of rotatable bonds is 5. The van der Waals surface area contributed by atoms with E-state index in [9.17, 15) is 9.59 Å². The number of methoxy groups -OCH3 is 2. The van der Waals surface area contributed by atoms with Crippen molar-refractivity contribution in [1.82, 2.24) is 0 Å². The van der Waals surface area contributed by atoms with Crippen LogP contribution in [-0.2, 0) is 4.79 Å². The predicted octanol–water partition coefficient (Wildman–Crippen LogP) is 3.47. The summed E-state index contributed by atoms with van der Waals surface area (Å²) in [5.74, 6) is 0.936. The number of hydrogen-bond acceptors (Lipinski definition) is 4. The van der Waals surface area contributed by atoms with Crippen molar-refractivity contribution < 1.29 is 19.1 Å². The molecule has 0 spiro atoms. The van der Waals surface area contributed by atoms with Gasteiger partial charge in [-0.15, -0.1) is 0 Å². The van der Waals surface area contributed by atoms with E-state index in [0.29, 0.717) is 35.7 Å². The van der Waals surface area contributed by atoms with Gasteiger partial charge in [-0.05, 0) is 43.2 Å². The summed E-state index contributed by atoms with van der Waals surface area (Å²) in [7, 11) is 3.07. The highest BCUT2D eigenvalue weighted by Gasteiger charge is 2.20. The summed E-state index contributed by atoms with van der Waals surface area (Å²) in [5.41, 5.74) is 1.86. The second-order valence-electron chi connectivity index (χ2n) is 6.11. The first-order valence-electron chi connectivity index (χ1n) is 8.55. The number of nitrogens with zero attached hydrogens (tertiary/aromatic N) is 1. The minimum absolute atomic E-state index is 0.122. The lowest BCUT2D eigenvalue weighted by molar-refractivity contribution is -0.119. The largest absolute Gasteiger partial charge is 0.497 e. The SMILES string of the molecule is COc1cc(OC)cc(C(=O)Nc2cccc(N3CCCCC3=O)c2)c1. The van der Waals surface area contributed by atoms with E-state index >= 15 is 0 Å². The Hall–Kier alpha value is -3.02. The van der Waals surface area contributed by atoms with Gasteiger partial charge in [-0.1, -0.05) is 6.07 Å². The second kappa shape index (κ2) is 7.91. The molecule has 1 N–H and O–H groups in total. The molecule has 2 amide bonds. The van der Waals surface area contributed by atoms with Gasteiger partial charge in [0.15, 0.2) is 0 Å². The molecule has 0 unspecified atom stereocenters. The monoisotopic (exact) mass is 354 g/mol. The predicted molar refractivity (Wildman–Crippen MR) is 100 cm³/mol. The molecule has 0 aliphatic carbocycles. The average molecular weight is 354 g/mol. The van der Waals surface area contributed by atoms with Crippen LogP contribution >= 0.6 is 0 Å². The smallest absolute Gasteiger partial charge is 0.255 e. The molecule has 1 aliphatic heterocycles. The van der Waals surface area contributed by atoms with Crippen LogP contribution in [0.3, 0.4) is 0 Å². The van der Waals surface area contributed by atoms with Gasteiger partial charge < -0.3 is 19.7 Å². The molecule has 0 atom stereocenters. The Morgan fingerprint density at radius 3 is 2.42 bits per heavy atom. The van der Waals surface area contributed by atoms with Crippen LogP contribution in [0, 0.1) is 0 Å². The lowest BCUT2D eigenvalue weighted by Gasteiger charge is -2.27. The van der Waals surface area contributed by atoms with Crippen molar-refractivity contribution in [1.29, 1.82) is 0 Å². The van der Waals surface area contributed by atoms with Crippen LogP contribution in [0.25, 0.3) is 0 Å². The van der Waals surface area contributed by atoms with Gasteiger partial charge in [0.25, 0.3) is 5.91 Å². The molecule has 26 heavy (non-hydrogen) atoms. The zero-order valence-electron chi connectivity index (χ0n) is 15.0. The molecule has 0 aromatic heterocycles. The van der Waals surface area contributed by atoms with E-state index in [4.69, 9.17) is 9.47 Å². The first kappa shape index (κ1) is 17.8. The highest BCUT2D eigenvalue weighted by molar-refractivity contribution is 6.05. The Morgan fingerprint density at radius 2 is 1.77 bits per heavy atom. The van der Waals surface area contributed by atoms with E-state index in [1.54, 1.807) is 29.2 Å². The summed E-state index contributed by atoms with van der Waals surface area (Å²) in [6.45, 7) is 0.712. The topological polar surface area (TPSA) is 67.9 Å². The van der Waals surface area contributed by atoms with Crippen molar-refractivity contribution in [2.75, 3.05) is 31.0 Å². The van der Waals surface area contributed by atoms with Gasteiger partial charge in [-0.25, -0.2) is 0 Å². The Kier molecular flexibility index (Phi) is 5.41. The fraction of sp³-hybridized carbons (Fsp3) is 0.300. The third-order valence-corrected chi connectivity index (χ3v) is 4.35. The number of benzene rings is 2. The van der Waals surface area contributed by atoms with Crippen LogP contribution in [0.5, 0.6) is 11.5 Å². The quantitative estimate of drug-likeness (QED) is 0.893. The normalized spacial score (nSPS) is 14.1. The van der Waals surface area contributed by atoms with Gasteiger partial charge in [-0.2, -0.15) is 0 Å². The molecule has 2 aromatic carbocycles. The van der Waals surface area contributed by atoms with Crippen LogP contribution in [0.15, 0.2) is 42.5 Å². The number of ether oxygens (including phenoxy) is 2. The van der Waals surface area contributed by atoms with E-state index < -0.39 is 0 Å². The highest BCUT2D eigenvalue weighted by atomic mass is 16.5. The molecule has 0 radical (unpaired) electrons. The zero-order valence-corrected chi connectivity index (χ0v) is 15.0. The second-order valence-corrected chi connectivity index (χ2v) is 6.11. The van der Waals surface area contributed by atoms with Crippen molar-refractivity contribution in [2.45, 2.75) is 19.3 Å². The van der Waals surface area contributed by atoms with Crippen molar-refractivity contribution in [3.63, 3.8) is 0 Å². The molecule has 136 valence electrons. The summed E-state index contributed by atoms with van der Waals surface area (Å²) in [4.78, 5) is 26.5. The number of hydrogen-bond donors (Lipinski definition) is 1. The first-order chi connectivity index (χ1) is 12.6. The van der Waals surface area contributed by atoms with Crippen LogP contribution in [0.1, 0.15) is 29.6 Å². The van der Waals surface area contributed by atoms with E-state index in [0.717, 1.165) is 18.5 Å². The maximum Gasteiger partial charge on any atom is 0.255 e. The van der Waals surface area contributed by atoms with Crippen LogP contribution in [-0.4, -0.2) is 32.6 Å². The van der Waals surface area contributed by atoms with E-state index in [1.807, 2.05) is 18.2 Å². The van der Waals surface area contributed by atoms with E-state index in [2.05, 4.69) is 5.32 Å². The van der Waals surface area contributed by atoms with Crippen LogP contribution in [0.2, 0.25) is 0 Å². The van der Waals surface area contributed by atoms with Gasteiger partial charge >= 0.3 is 0 Å². The Bertz CT molecular complexity index is 797. The number of nitrogens with one attached hydrogen (secondary N) is 1. The molecule has 1 aliphatic rings. The molecule has 3 rings (SSSR count).